The Bertz CT molecular complexity index is 697. The van der Waals surface area contributed by atoms with Crippen molar-refractivity contribution in [1.82, 2.24) is 10.2 Å². The van der Waals surface area contributed by atoms with E-state index in [-0.39, 0.29) is 24.4 Å². The second kappa shape index (κ2) is 7.14. The Kier molecular flexibility index (Phi) is 5.28. The fourth-order valence-electron chi connectivity index (χ4n) is 4.22. The van der Waals surface area contributed by atoms with E-state index in [0.717, 1.165) is 18.4 Å². The molecule has 0 radical (unpaired) electrons. The third kappa shape index (κ3) is 3.64. The van der Waals surface area contributed by atoms with E-state index in [2.05, 4.69) is 5.32 Å². The maximum atomic E-state index is 12.4. The number of hydrogen-bond donors (Lipinski definition) is 2. The van der Waals surface area contributed by atoms with Crippen LogP contribution in [0, 0.1) is 11.3 Å². The van der Waals surface area contributed by atoms with Gasteiger partial charge in [-0.15, -0.1) is 0 Å². The minimum Gasteiger partial charge on any atom is -0.481 e. The number of rotatable bonds is 5. The van der Waals surface area contributed by atoms with Gasteiger partial charge in [-0.25, -0.2) is 0 Å². The standard InChI is InChI=1S/C18H22Cl2N2O3/c1-11(12-4-5-14(19)15(20)7-12)21-16(23)9-22-8-13-3-2-6-18(13,10-22)17(24)25/h4-5,7,11,13H,2-3,6,8-10H2,1H3,(H,21,23)(H,24,25)/t11?,13-,18+/m0/s1. The Labute approximate surface area is 157 Å². The number of carboxylic acids is 1. The fourth-order valence-corrected chi connectivity index (χ4v) is 4.53. The number of likely N-dealkylation sites (tertiary alicyclic amines) is 1. The normalized spacial score (nSPS) is 27.1. The lowest BCUT2D eigenvalue weighted by Gasteiger charge is -2.23. The molecule has 1 saturated heterocycles. The molecule has 0 spiro atoms. The fraction of sp³-hybridized carbons (Fsp3) is 0.556. The molecule has 3 rings (SSSR count). The van der Waals surface area contributed by atoms with E-state index < -0.39 is 11.4 Å². The molecule has 1 heterocycles. The van der Waals surface area contributed by atoms with Crippen molar-refractivity contribution in [3.8, 4) is 0 Å². The highest BCUT2D eigenvalue weighted by Crippen LogP contribution is 2.48. The molecule has 3 atom stereocenters. The van der Waals surface area contributed by atoms with Gasteiger partial charge in [0.05, 0.1) is 28.0 Å². The molecule has 25 heavy (non-hydrogen) atoms. The van der Waals surface area contributed by atoms with Gasteiger partial charge < -0.3 is 10.4 Å². The monoisotopic (exact) mass is 384 g/mol. The molecule has 2 aliphatic rings. The zero-order chi connectivity index (χ0) is 18.2. The summed E-state index contributed by atoms with van der Waals surface area (Å²) in [5.74, 6) is -0.675. The lowest BCUT2D eigenvalue weighted by Crippen LogP contribution is -2.40. The number of fused-ring (bicyclic) bond motifs is 1. The first-order valence-corrected chi connectivity index (χ1v) is 9.27. The number of halogens is 2. The van der Waals surface area contributed by atoms with E-state index in [1.807, 2.05) is 17.9 Å². The molecule has 1 aliphatic carbocycles. The van der Waals surface area contributed by atoms with Crippen LogP contribution in [0.25, 0.3) is 0 Å². The minimum atomic E-state index is -0.720. The summed E-state index contributed by atoms with van der Waals surface area (Å²) >= 11 is 11.9. The molecular formula is C18H22Cl2N2O3. The number of carboxylic acid groups (broad SMARTS) is 1. The zero-order valence-electron chi connectivity index (χ0n) is 14.1. The summed E-state index contributed by atoms with van der Waals surface area (Å²) < 4.78 is 0. The molecular weight excluding hydrogens is 363 g/mol. The third-order valence-corrected chi connectivity index (χ3v) is 6.29. The van der Waals surface area contributed by atoms with Crippen LogP contribution in [0.2, 0.25) is 10.0 Å². The average molecular weight is 385 g/mol. The van der Waals surface area contributed by atoms with Crippen LogP contribution in [-0.4, -0.2) is 41.5 Å². The summed E-state index contributed by atoms with van der Waals surface area (Å²) in [7, 11) is 0. The zero-order valence-corrected chi connectivity index (χ0v) is 15.6. The van der Waals surface area contributed by atoms with Gasteiger partial charge in [0.2, 0.25) is 5.91 Å². The molecule has 0 aromatic heterocycles. The van der Waals surface area contributed by atoms with Gasteiger partial charge >= 0.3 is 5.97 Å². The van der Waals surface area contributed by atoms with E-state index >= 15 is 0 Å². The van der Waals surface area contributed by atoms with Crippen LogP contribution in [0.15, 0.2) is 18.2 Å². The number of hydrogen-bond acceptors (Lipinski definition) is 3. The highest BCUT2D eigenvalue weighted by atomic mass is 35.5. The summed E-state index contributed by atoms with van der Waals surface area (Å²) in [6.07, 6.45) is 2.61. The third-order valence-electron chi connectivity index (χ3n) is 5.56. The molecule has 1 aliphatic heterocycles. The average Bonchev–Trinajstić information content (AvgIpc) is 3.07. The van der Waals surface area contributed by atoms with Crippen molar-refractivity contribution in [3.05, 3.63) is 33.8 Å². The Hall–Kier alpha value is -1.30. The van der Waals surface area contributed by atoms with Gasteiger partial charge in [0.1, 0.15) is 0 Å². The lowest BCUT2D eigenvalue weighted by atomic mass is 9.81. The van der Waals surface area contributed by atoms with Crippen molar-refractivity contribution in [2.45, 2.75) is 32.2 Å². The van der Waals surface area contributed by atoms with Gasteiger partial charge in [-0.05, 0) is 43.4 Å². The second-order valence-corrected chi connectivity index (χ2v) is 8.00. The van der Waals surface area contributed by atoms with Crippen LogP contribution < -0.4 is 5.32 Å². The van der Waals surface area contributed by atoms with Gasteiger partial charge in [0.25, 0.3) is 0 Å². The molecule has 1 aromatic carbocycles. The van der Waals surface area contributed by atoms with Gasteiger partial charge in [-0.2, -0.15) is 0 Å². The summed E-state index contributed by atoms with van der Waals surface area (Å²) in [6, 6.07) is 5.09. The van der Waals surface area contributed by atoms with Gasteiger partial charge in [0.15, 0.2) is 0 Å². The molecule has 0 bridgehead atoms. The predicted octanol–water partition coefficient (Wildman–Crippen LogP) is 3.36. The van der Waals surface area contributed by atoms with Gasteiger partial charge in [-0.3, -0.25) is 14.5 Å². The van der Waals surface area contributed by atoms with Crippen molar-refractivity contribution < 1.29 is 14.7 Å². The molecule has 2 N–H and O–H groups in total. The Morgan fingerprint density at radius 3 is 2.80 bits per heavy atom. The Morgan fingerprint density at radius 2 is 2.16 bits per heavy atom. The van der Waals surface area contributed by atoms with E-state index in [1.165, 1.54) is 0 Å². The first-order valence-electron chi connectivity index (χ1n) is 8.52. The Balaban J connectivity index is 1.58. The summed E-state index contributed by atoms with van der Waals surface area (Å²) in [4.78, 5) is 26.0. The molecule has 136 valence electrons. The van der Waals surface area contributed by atoms with Crippen molar-refractivity contribution in [3.63, 3.8) is 0 Å². The highest BCUT2D eigenvalue weighted by molar-refractivity contribution is 6.42. The van der Waals surface area contributed by atoms with E-state index in [4.69, 9.17) is 23.2 Å². The lowest BCUT2D eigenvalue weighted by molar-refractivity contribution is -0.149. The van der Waals surface area contributed by atoms with Crippen LogP contribution >= 0.6 is 23.2 Å². The minimum absolute atomic E-state index is 0.112. The Morgan fingerprint density at radius 1 is 1.40 bits per heavy atom. The number of benzene rings is 1. The van der Waals surface area contributed by atoms with E-state index in [0.29, 0.717) is 29.6 Å². The number of carbonyl (C=O) groups is 2. The SMILES string of the molecule is CC(NC(=O)CN1C[C@@H]2CCC[C@@]2(C(=O)O)C1)c1ccc(Cl)c(Cl)c1. The van der Waals surface area contributed by atoms with Crippen LogP contribution in [0.5, 0.6) is 0 Å². The number of amides is 1. The molecule has 1 amide bonds. The topological polar surface area (TPSA) is 69.6 Å². The number of aliphatic carboxylic acids is 1. The van der Waals surface area contributed by atoms with E-state index in [1.54, 1.807) is 12.1 Å². The molecule has 5 nitrogen and oxygen atoms in total. The predicted molar refractivity (Wildman–Crippen MR) is 96.9 cm³/mol. The van der Waals surface area contributed by atoms with Crippen LogP contribution in [0.4, 0.5) is 0 Å². The first-order chi connectivity index (χ1) is 11.8. The number of nitrogens with one attached hydrogen (secondary N) is 1. The summed E-state index contributed by atoms with van der Waals surface area (Å²) in [5.41, 5.74) is 0.221. The van der Waals surface area contributed by atoms with Crippen LogP contribution in [-0.2, 0) is 9.59 Å². The number of nitrogens with zero attached hydrogens (tertiary/aromatic N) is 1. The quantitative estimate of drug-likeness (QED) is 0.816. The first kappa shape index (κ1) is 18.5. The largest absolute Gasteiger partial charge is 0.481 e. The van der Waals surface area contributed by atoms with Crippen LogP contribution in [0.3, 0.4) is 0 Å². The van der Waals surface area contributed by atoms with Crippen LogP contribution in [0.1, 0.15) is 37.8 Å². The summed E-state index contributed by atoms with van der Waals surface area (Å²) in [6.45, 7) is 3.24. The van der Waals surface area contributed by atoms with E-state index in [9.17, 15) is 14.7 Å². The van der Waals surface area contributed by atoms with Crippen molar-refractivity contribution in [1.29, 1.82) is 0 Å². The van der Waals surface area contributed by atoms with Crippen molar-refractivity contribution >= 4 is 35.1 Å². The van der Waals surface area contributed by atoms with Gasteiger partial charge in [-0.1, -0.05) is 35.7 Å². The van der Waals surface area contributed by atoms with Gasteiger partial charge in [0, 0.05) is 13.1 Å². The smallest absolute Gasteiger partial charge is 0.311 e. The molecule has 7 heteroatoms. The highest BCUT2D eigenvalue weighted by Gasteiger charge is 2.54. The number of carbonyl (C=O) groups excluding carboxylic acids is 1. The molecule has 2 fully saturated rings. The maximum Gasteiger partial charge on any atom is 0.311 e. The maximum absolute atomic E-state index is 12.4. The van der Waals surface area contributed by atoms with Crippen molar-refractivity contribution in [2.24, 2.45) is 11.3 Å². The molecule has 1 saturated carbocycles. The second-order valence-electron chi connectivity index (χ2n) is 7.18. The summed E-state index contributed by atoms with van der Waals surface area (Å²) in [5, 5.41) is 13.5. The van der Waals surface area contributed by atoms with Crippen molar-refractivity contribution in [2.75, 3.05) is 19.6 Å². The molecule has 1 aromatic rings. The molecule has 1 unspecified atom stereocenters.